The Hall–Kier alpha value is -3.29. The van der Waals surface area contributed by atoms with Crippen molar-refractivity contribution in [2.75, 3.05) is 11.9 Å². The first-order chi connectivity index (χ1) is 23.8. The Morgan fingerprint density at radius 2 is 1.71 bits per heavy atom. The summed E-state index contributed by atoms with van der Waals surface area (Å²) in [7, 11) is -4.41. The van der Waals surface area contributed by atoms with Gasteiger partial charge in [-0.25, -0.2) is 19.5 Å². The first-order valence-corrected chi connectivity index (χ1v) is 20.1. The molecule has 3 aromatic rings. The Bertz CT molecular complexity index is 1920. The van der Waals surface area contributed by atoms with Crippen LogP contribution in [0.3, 0.4) is 0 Å². The summed E-state index contributed by atoms with van der Waals surface area (Å²) in [4.78, 5) is 41.6. The van der Waals surface area contributed by atoms with Crippen LogP contribution < -0.4 is 10.0 Å². The largest absolute Gasteiger partial charge is 0.444 e. The minimum atomic E-state index is -4.41. The van der Waals surface area contributed by atoms with Gasteiger partial charge in [0.05, 0.1) is 23.0 Å². The highest BCUT2D eigenvalue weighted by atomic mass is 79.9. The third-order valence-electron chi connectivity index (χ3n) is 8.87. The first-order valence-electron chi connectivity index (χ1n) is 17.4. The Labute approximate surface area is 322 Å². The van der Waals surface area contributed by atoms with Crippen LogP contribution in [-0.2, 0) is 25.6 Å². The number of sulfonamides is 1. The van der Waals surface area contributed by atoms with E-state index in [9.17, 15) is 18.0 Å². The van der Waals surface area contributed by atoms with E-state index in [1.165, 1.54) is 12.1 Å². The molecule has 1 aliphatic rings. The second kappa shape index (κ2) is 15.2. The second-order valence-electron chi connectivity index (χ2n) is 17.2. The van der Waals surface area contributed by atoms with E-state index < -0.39 is 21.5 Å². The summed E-state index contributed by atoms with van der Waals surface area (Å²) in [5.74, 6) is -0.437. The number of nitrogens with zero attached hydrogens (tertiary/aromatic N) is 4. The van der Waals surface area contributed by atoms with Crippen molar-refractivity contribution in [3.05, 3.63) is 74.7 Å². The van der Waals surface area contributed by atoms with E-state index in [2.05, 4.69) is 76.6 Å². The molecule has 0 saturated carbocycles. The quantitative estimate of drug-likeness (QED) is 0.202. The van der Waals surface area contributed by atoms with Gasteiger partial charge >= 0.3 is 6.09 Å². The molecular weight excluding hydrogens is 768 g/mol. The third-order valence-corrected chi connectivity index (χ3v) is 11.0. The molecule has 2 N–H and O–H groups in total. The summed E-state index contributed by atoms with van der Waals surface area (Å²) < 4.78 is 35.3. The molecule has 3 aromatic heterocycles. The van der Waals surface area contributed by atoms with E-state index in [-0.39, 0.29) is 50.2 Å². The fraction of sp³-hybridized carbons (Fsp3) is 0.553. The number of carbonyl (C=O) groups excluding carboxylic acids is 2. The van der Waals surface area contributed by atoms with E-state index in [4.69, 9.17) is 21.3 Å². The molecule has 11 nitrogen and oxygen atoms in total. The molecule has 0 radical (unpaired) electrons. The lowest BCUT2D eigenvalue weighted by atomic mass is 9.86. The van der Waals surface area contributed by atoms with Crippen LogP contribution in [0.4, 0.5) is 10.6 Å². The molecule has 284 valence electrons. The maximum atomic E-state index is 13.5. The molecule has 4 heterocycles. The summed E-state index contributed by atoms with van der Waals surface area (Å²) in [6.07, 6.45) is 3.65. The van der Waals surface area contributed by atoms with E-state index in [0.717, 1.165) is 24.1 Å². The van der Waals surface area contributed by atoms with E-state index in [0.29, 0.717) is 29.0 Å². The Morgan fingerprint density at radius 1 is 1.04 bits per heavy atom. The molecule has 2 amide bonds. The third kappa shape index (κ3) is 10.4. The topological polar surface area (TPSA) is 143 Å². The van der Waals surface area contributed by atoms with Crippen LogP contribution in [-0.4, -0.2) is 58.0 Å². The van der Waals surface area contributed by atoms with Crippen molar-refractivity contribution in [3.8, 4) is 0 Å². The fourth-order valence-electron chi connectivity index (χ4n) is 6.22. The standard InChI is InChI=1S/C38H52BrClN6O5S/c1-35(2,3)24-17-18-41-28(19-24)27(16-15-23-21-38(10,11)46(22-23)34(48)51-37(7,8)9)42-29-13-12-14-30(43-29)52(49,50)45-33(47)25-20-26(39)31(36(4,5)6)44-32(25)40/h12-14,17-20,23,27H,15-16,21-22H2,1-11H3,(H,42,43)(H,45,47)/t23-,27?/m0/s1. The maximum absolute atomic E-state index is 13.5. The van der Waals surface area contributed by atoms with Crippen molar-refractivity contribution in [1.29, 1.82) is 0 Å². The average molecular weight is 820 g/mol. The highest BCUT2D eigenvalue weighted by Gasteiger charge is 2.43. The van der Waals surface area contributed by atoms with Gasteiger partial charge < -0.3 is 15.0 Å². The van der Waals surface area contributed by atoms with E-state index >= 15 is 0 Å². The zero-order valence-electron chi connectivity index (χ0n) is 32.0. The minimum absolute atomic E-state index is 0.0930. The average Bonchev–Trinajstić information content (AvgIpc) is 3.32. The van der Waals surface area contributed by atoms with Crippen LogP contribution in [0.25, 0.3) is 0 Å². The van der Waals surface area contributed by atoms with Gasteiger partial charge in [-0.2, -0.15) is 8.42 Å². The highest BCUT2D eigenvalue weighted by molar-refractivity contribution is 9.10. The van der Waals surface area contributed by atoms with Gasteiger partial charge in [-0.3, -0.25) is 9.78 Å². The summed E-state index contributed by atoms with van der Waals surface area (Å²) in [6.45, 7) is 22.5. The molecule has 0 bridgehead atoms. The number of hydrogen-bond donors (Lipinski definition) is 2. The Balaban J connectivity index is 1.58. The van der Waals surface area contributed by atoms with Gasteiger partial charge in [0.1, 0.15) is 16.6 Å². The van der Waals surface area contributed by atoms with Crippen LogP contribution in [0.5, 0.6) is 0 Å². The highest BCUT2D eigenvalue weighted by Crippen LogP contribution is 2.38. The normalized spacial score (nSPS) is 17.1. The number of likely N-dealkylation sites (tertiary alicyclic amines) is 1. The van der Waals surface area contributed by atoms with Crippen LogP contribution in [0, 0.1) is 5.92 Å². The number of aromatic nitrogens is 3. The van der Waals surface area contributed by atoms with Crippen LogP contribution in [0.15, 0.2) is 52.1 Å². The predicted octanol–water partition coefficient (Wildman–Crippen LogP) is 8.97. The number of hydrogen-bond acceptors (Lipinski definition) is 9. The number of anilines is 1. The molecule has 4 rings (SSSR count). The van der Waals surface area contributed by atoms with Crippen molar-refractivity contribution < 1.29 is 22.7 Å². The number of nitrogens with one attached hydrogen (secondary N) is 2. The Morgan fingerprint density at radius 3 is 2.33 bits per heavy atom. The summed E-state index contributed by atoms with van der Waals surface area (Å²) in [5, 5.41) is 2.96. The second-order valence-corrected chi connectivity index (χ2v) is 20.0. The van der Waals surface area contributed by atoms with E-state index in [1.54, 1.807) is 18.3 Å². The first kappa shape index (κ1) is 41.5. The lowest BCUT2D eigenvalue weighted by Gasteiger charge is -2.33. The molecule has 14 heteroatoms. The number of rotatable bonds is 9. The summed E-state index contributed by atoms with van der Waals surface area (Å²) in [5.41, 5.74) is 0.957. The van der Waals surface area contributed by atoms with Gasteiger partial charge in [0.25, 0.3) is 15.9 Å². The number of halogens is 2. The summed E-state index contributed by atoms with van der Waals surface area (Å²) >= 11 is 9.79. The molecule has 0 spiro atoms. The zero-order valence-corrected chi connectivity index (χ0v) is 35.2. The molecule has 52 heavy (non-hydrogen) atoms. The Kier molecular flexibility index (Phi) is 12.1. The molecular formula is C38H52BrClN6O5S. The lowest BCUT2D eigenvalue weighted by molar-refractivity contribution is 0.0130. The number of pyridine rings is 3. The van der Waals surface area contributed by atoms with Gasteiger partial charge in [0.15, 0.2) is 5.03 Å². The van der Waals surface area contributed by atoms with Gasteiger partial charge in [0.2, 0.25) is 0 Å². The van der Waals surface area contributed by atoms with Gasteiger partial charge in [-0.1, -0.05) is 59.2 Å². The number of ether oxygens (including phenoxy) is 1. The minimum Gasteiger partial charge on any atom is -0.444 e. The molecule has 1 fully saturated rings. The van der Waals surface area contributed by atoms with Crippen molar-refractivity contribution in [3.63, 3.8) is 0 Å². The smallest absolute Gasteiger partial charge is 0.410 e. The van der Waals surface area contributed by atoms with Crippen molar-refractivity contribution in [2.45, 2.75) is 128 Å². The van der Waals surface area contributed by atoms with Crippen molar-refractivity contribution >= 4 is 55.4 Å². The zero-order chi connectivity index (χ0) is 39.0. The van der Waals surface area contributed by atoms with E-state index in [1.807, 2.05) is 52.5 Å². The number of amides is 2. The monoisotopic (exact) mass is 818 g/mol. The van der Waals surface area contributed by atoms with Gasteiger partial charge in [0, 0.05) is 28.2 Å². The molecule has 1 saturated heterocycles. The van der Waals surface area contributed by atoms with Crippen molar-refractivity contribution in [2.24, 2.45) is 5.92 Å². The molecule has 2 atom stereocenters. The van der Waals surface area contributed by atoms with Crippen molar-refractivity contribution in [1.82, 2.24) is 24.6 Å². The lowest BCUT2D eigenvalue weighted by Crippen LogP contribution is -2.45. The van der Waals surface area contributed by atoms with Crippen LogP contribution in [0.1, 0.15) is 129 Å². The van der Waals surface area contributed by atoms with Gasteiger partial charge in [-0.05, 0) is 117 Å². The van der Waals surface area contributed by atoms with Gasteiger partial charge in [-0.15, -0.1) is 0 Å². The molecule has 1 aliphatic heterocycles. The predicted molar refractivity (Wildman–Crippen MR) is 208 cm³/mol. The fourth-order valence-corrected chi connectivity index (χ4v) is 8.30. The number of carbonyl (C=O) groups is 2. The molecule has 0 aliphatic carbocycles. The summed E-state index contributed by atoms with van der Waals surface area (Å²) in [6, 6.07) is 9.73. The SMILES string of the molecule is CC(C)(C)OC(=O)N1C[C@@H](CCC(Nc2cccc(S(=O)(=O)NC(=O)c3cc(Br)c(C(C)(C)C)nc3Cl)n2)c2cc(C(C)(C)C)ccn2)CC1(C)C. The molecule has 1 unspecified atom stereocenters. The van der Waals surface area contributed by atoms with Crippen LogP contribution in [0.2, 0.25) is 5.15 Å². The maximum Gasteiger partial charge on any atom is 0.410 e. The molecule has 0 aromatic carbocycles. The van der Waals surface area contributed by atoms with Crippen LogP contribution >= 0.6 is 27.5 Å².